The fourth-order valence-electron chi connectivity index (χ4n) is 1.41. The molecule has 1 amide bonds. The molecule has 5 nitrogen and oxygen atoms in total. The van der Waals surface area contributed by atoms with Gasteiger partial charge in [-0.05, 0) is 12.1 Å². The van der Waals surface area contributed by atoms with Crippen LogP contribution in [0, 0.1) is 0 Å². The van der Waals surface area contributed by atoms with Gasteiger partial charge in [0.2, 0.25) is 5.91 Å². The molecule has 0 unspecified atom stereocenters. The van der Waals surface area contributed by atoms with Gasteiger partial charge in [-0.15, -0.1) is 0 Å². The third-order valence-electron chi connectivity index (χ3n) is 2.12. The van der Waals surface area contributed by atoms with Crippen LogP contribution in [0.4, 0.5) is 0 Å². The van der Waals surface area contributed by atoms with Gasteiger partial charge in [0.25, 0.3) is 0 Å². The van der Waals surface area contributed by atoms with Crippen LogP contribution in [0.3, 0.4) is 0 Å². The number of nitrogens with zero attached hydrogens (tertiary/aromatic N) is 1. The van der Waals surface area contributed by atoms with E-state index in [1.54, 1.807) is 18.2 Å². The summed E-state index contributed by atoms with van der Waals surface area (Å²) in [5, 5.41) is 9.24. The first-order valence-electron chi connectivity index (χ1n) is 4.61. The Morgan fingerprint density at radius 3 is 3.07 bits per heavy atom. The molecule has 78 valence electrons. The number of primary amides is 1. The van der Waals surface area contributed by atoms with Crippen molar-refractivity contribution in [2.45, 2.75) is 12.8 Å². The van der Waals surface area contributed by atoms with Gasteiger partial charge in [0, 0.05) is 18.9 Å². The van der Waals surface area contributed by atoms with Crippen LogP contribution in [-0.2, 0) is 11.2 Å². The van der Waals surface area contributed by atoms with E-state index < -0.39 is 0 Å². The minimum absolute atomic E-state index is 0.188. The van der Waals surface area contributed by atoms with Gasteiger partial charge in [-0.25, -0.2) is 4.98 Å². The number of aromatic hydroxyl groups is 1. The first-order chi connectivity index (χ1) is 7.15. The number of hydrogen-bond donors (Lipinski definition) is 3. The van der Waals surface area contributed by atoms with Gasteiger partial charge in [-0.3, -0.25) is 4.79 Å². The van der Waals surface area contributed by atoms with Crippen molar-refractivity contribution in [2.75, 3.05) is 0 Å². The van der Waals surface area contributed by atoms with Gasteiger partial charge in [0.1, 0.15) is 11.6 Å². The Kier molecular flexibility index (Phi) is 2.29. The molecule has 0 aliphatic heterocycles. The van der Waals surface area contributed by atoms with Crippen molar-refractivity contribution >= 4 is 16.9 Å². The number of rotatable bonds is 3. The number of phenolic OH excluding ortho intramolecular Hbond substituents is 1. The van der Waals surface area contributed by atoms with Crippen molar-refractivity contribution in [3.8, 4) is 5.75 Å². The number of amides is 1. The lowest BCUT2D eigenvalue weighted by Crippen LogP contribution is -2.11. The van der Waals surface area contributed by atoms with Gasteiger partial charge in [-0.1, -0.05) is 0 Å². The molecule has 15 heavy (non-hydrogen) atoms. The van der Waals surface area contributed by atoms with Crippen molar-refractivity contribution < 1.29 is 9.90 Å². The van der Waals surface area contributed by atoms with Crippen molar-refractivity contribution in [1.82, 2.24) is 9.97 Å². The molecular weight excluding hydrogens is 194 g/mol. The summed E-state index contributed by atoms with van der Waals surface area (Å²) in [6, 6.07) is 4.88. The van der Waals surface area contributed by atoms with E-state index in [4.69, 9.17) is 5.73 Å². The number of hydrogen-bond acceptors (Lipinski definition) is 3. The number of H-pyrrole nitrogens is 1. The van der Waals surface area contributed by atoms with E-state index in [9.17, 15) is 9.90 Å². The number of phenols is 1. The number of benzene rings is 1. The summed E-state index contributed by atoms with van der Waals surface area (Å²) >= 11 is 0. The maximum atomic E-state index is 10.6. The van der Waals surface area contributed by atoms with Crippen LogP contribution in [0.1, 0.15) is 12.2 Å². The van der Waals surface area contributed by atoms with E-state index in [1.807, 2.05) is 0 Å². The summed E-state index contributed by atoms with van der Waals surface area (Å²) in [5.41, 5.74) is 6.57. The van der Waals surface area contributed by atoms with Gasteiger partial charge in [0.05, 0.1) is 11.0 Å². The van der Waals surface area contributed by atoms with Crippen LogP contribution < -0.4 is 5.73 Å². The van der Waals surface area contributed by atoms with Crippen molar-refractivity contribution in [3.05, 3.63) is 24.0 Å². The van der Waals surface area contributed by atoms with Gasteiger partial charge >= 0.3 is 0 Å². The number of aryl methyl sites for hydroxylation is 1. The lowest BCUT2D eigenvalue weighted by molar-refractivity contribution is -0.118. The molecule has 1 aromatic heterocycles. The van der Waals surface area contributed by atoms with Crippen molar-refractivity contribution in [3.63, 3.8) is 0 Å². The van der Waals surface area contributed by atoms with Crippen LogP contribution in [-0.4, -0.2) is 21.0 Å². The smallest absolute Gasteiger partial charge is 0.217 e. The van der Waals surface area contributed by atoms with E-state index in [0.29, 0.717) is 12.2 Å². The maximum Gasteiger partial charge on any atom is 0.217 e. The zero-order valence-corrected chi connectivity index (χ0v) is 8.03. The number of imidazole rings is 1. The Morgan fingerprint density at radius 2 is 2.33 bits per heavy atom. The van der Waals surface area contributed by atoms with E-state index in [0.717, 1.165) is 11.0 Å². The van der Waals surface area contributed by atoms with Crippen LogP contribution in [0.25, 0.3) is 11.0 Å². The Morgan fingerprint density at radius 1 is 1.53 bits per heavy atom. The standard InChI is InChI=1S/C10H11N3O2/c11-9(15)3-4-10-12-7-2-1-6(14)5-8(7)13-10/h1-2,5,14H,3-4H2,(H2,11,15)(H,12,13). The highest BCUT2D eigenvalue weighted by atomic mass is 16.3. The van der Waals surface area contributed by atoms with Gasteiger partial charge in [-0.2, -0.15) is 0 Å². The SMILES string of the molecule is NC(=O)CCc1nc2ccc(O)cc2[nH]1. The summed E-state index contributed by atoms with van der Waals surface area (Å²) in [5.74, 6) is 0.542. The molecule has 2 rings (SSSR count). The molecule has 0 atom stereocenters. The second kappa shape index (κ2) is 3.61. The quantitative estimate of drug-likeness (QED) is 0.688. The molecular formula is C10H11N3O2. The summed E-state index contributed by atoms with van der Waals surface area (Å²) in [6.45, 7) is 0. The predicted molar refractivity (Wildman–Crippen MR) is 55.3 cm³/mol. The van der Waals surface area contributed by atoms with Crippen LogP contribution in [0.2, 0.25) is 0 Å². The molecule has 5 heteroatoms. The molecule has 0 fully saturated rings. The van der Waals surface area contributed by atoms with E-state index >= 15 is 0 Å². The molecule has 4 N–H and O–H groups in total. The lowest BCUT2D eigenvalue weighted by atomic mass is 10.3. The average molecular weight is 205 g/mol. The Bertz CT molecular complexity index is 504. The minimum Gasteiger partial charge on any atom is -0.508 e. The molecule has 0 radical (unpaired) electrons. The minimum atomic E-state index is -0.349. The number of aromatic nitrogens is 2. The largest absolute Gasteiger partial charge is 0.508 e. The van der Waals surface area contributed by atoms with Crippen molar-refractivity contribution in [1.29, 1.82) is 0 Å². The highest BCUT2D eigenvalue weighted by molar-refractivity contribution is 5.77. The molecule has 0 saturated carbocycles. The zero-order chi connectivity index (χ0) is 10.8. The number of nitrogens with one attached hydrogen (secondary N) is 1. The van der Waals surface area contributed by atoms with Gasteiger partial charge < -0.3 is 15.8 Å². The average Bonchev–Trinajstić information content (AvgIpc) is 2.56. The predicted octanol–water partition coefficient (Wildman–Crippen LogP) is 0.686. The van der Waals surface area contributed by atoms with Gasteiger partial charge in [0.15, 0.2) is 0 Å². The summed E-state index contributed by atoms with van der Waals surface area (Å²) in [4.78, 5) is 17.8. The van der Waals surface area contributed by atoms with Crippen LogP contribution >= 0.6 is 0 Å². The molecule has 0 bridgehead atoms. The Hall–Kier alpha value is -2.04. The lowest BCUT2D eigenvalue weighted by Gasteiger charge is -1.91. The van der Waals surface area contributed by atoms with Crippen molar-refractivity contribution in [2.24, 2.45) is 5.73 Å². The Balaban J connectivity index is 2.27. The first kappa shape index (κ1) is 9.51. The maximum absolute atomic E-state index is 10.6. The van der Waals surface area contributed by atoms with E-state index in [1.165, 1.54) is 0 Å². The second-order valence-electron chi connectivity index (χ2n) is 3.35. The van der Waals surface area contributed by atoms with E-state index in [-0.39, 0.29) is 18.1 Å². The third kappa shape index (κ3) is 2.07. The van der Waals surface area contributed by atoms with Crippen LogP contribution in [0.5, 0.6) is 5.75 Å². The first-order valence-corrected chi connectivity index (χ1v) is 4.61. The fraction of sp³-hybridized carbons (Fsp3) is 0.200. The third-order valence-corrected chi connectivity index (χ3v) is 2.12. The number of aromatic amines is 1. The monoisotopic (exact) mass is 205 g/mol. The summed E-state index contributed by atoms with van der Waals surface area (Å²) in [6.07, 6.45) is 0.760. The Labute approximate surface area is 85.9 Å². The number of carbonyl (C=O) groups is 1. The van der Waals surface area contributed by atoms with Crippen LogP contribution in [0.15, 0.2) is 18.2 Å². The number of nitrogens with two attached hydrogens (primary N) is 1. The molecule has 1 heterocycles. The zero-order valence-electron chi connectivity index (χ0n) is 8.03. The van der Waals surface area contributed by atoms with E-state index in [2.05, 4.69) is 9.97 Å². The second-order valence-corrected chi connectivity index (χ2v) is 3.35. The summed E-state index contributed by atoms with van der Waals surface area (Å²) < 4.78 is 0. The highest BCUT2D eigenvalue weighted by Gasteiger charge is 2.04. The topological polar surface area (TPSA) is 92.0 Å². The molecule has 1 aromatic carbocycles. The fourth-order valence-corrected chi connectivity index (χ4v) is 1.41. The molecule has 0 aliphatic rings. The number of fused-ring (bicyclic) bond motifs is 1. The molecule has 0 aliphatic carbocycles. The normalized spacial score (nSPS) is 10.7. The highest BCUT2D eigenvalue weighted by Crippen LogP contribution is 2.17. The molecule has 2 aromatic rings. The molecule has 0 spiro atoms. The molecule has 0 saturated heterocycles. The number of carbonyl (C=O) groups excluding carboxylic acids is 1. The summed E-state index contributed by atoms with van der Waals surface area (Å²) in [7, 11) is 0.